The van der Waals surface area contributed by atoms with Gasteiger partial charge in [0.25, 0.3) is 5.91 Å². The van der Waals surface area contributed by atoms with E-state index in [-0.39, 0.29) is 5.91 Å². The molecule has 1 aromatic rings. The summed E-state index contributed by atoms with van der Waals surface area (Å²) in [7, 11) is 1.67. The second-order valence-corrected chi connectivity index (χ2v) is 5.07. The molecule has 100 valence electrons. The second kappa shape index (κ2) is 6.15. The highest BCUT2D eigenvalue weighted by molar-refractivity contribution is 7.98. The van der Waals surface area contributed by atoms with E-state index >= 15 is 0 Å². The molecule has 1 aromatic heterocycles. The number of aryl methyl sites for hydroxylation is 2. The summed E-state index contributed by atoms with van der Waals surface area (Å²) in [5, 5.41) is 10.0. The van der Waals surface area contributed by atoms with Crippen LogP contribution in [0.5, 0.6) is 0 Å². The van der Waals surface area contributed by atoms with Crippen LogP contribution >= 0.6 is 11.8 Å². The lowest BCUT2D eigenvalue weighted by Crippen LogP contribution is -2.34. The average Bonchev–Trinajstić information content (AvgIpc) is 2.26. The highest BCUT2D eigenvalue weighted by atomic mass is 32.2. The fourth-order valence-corrected chi connectivity index (χ4v) is 2.41. The number of aliphatic hydroxyl groups is 1. The lowest BCUT2D eigenvalue weighted by Gasteiger charge is -2.20. The van der Waals surface area contributed by atoms with Crippen LogP contribution in [0.3, 0.4) is 0 Å². The Kier molecular flexibility index (Phi) is 5.10. The molecule has 6 heteroatoms. The van der Waals surface area contributed by atoms with Gasteiger partial charge in [-0.25, -0.2) is 9.97 Å². The number of hydrogen-bond donors (Lipinski definition) is 1. The molecule has 0 fully saturated rings. The molecule has 1 unspecified atom stereocenters. The number of rotatable bonds is 4. The number of aliphatic hydroxyl groups excluding tert-OH is 1. The lowest BCUT2D eigenvalue weighted by atomic mass is 10.2. The van der Waals surface area contributed by atoms with Crippen LogP contribution in [0.4, 0.5) is 0 Å². The molecular formula is C12H19N3O2S. The number of amides is 1. The van der Waals surface area contributed by atoms with Gasteiger partial charge in [-0.2, -0.15) is 0 Å². The van der Waals surface area contributed by atoms with Crippen LogP contribution in [0.15, 0.2) is 5.03 Å². The molecule has 1 atom stereocenters. The predicted octanol–water partition coefficient (Wildman–Crippen LogP) is 1.27. The van der Waals surface area contributed by atoms with Gasteiger partial charge in [0.05, 0.1) is 17.4 Å². The molecule has 1 rings (SSSR count). The molecular weight excluding hydrogens is 250 g/mol. The molecule has 0 saturated carbocycles. The molecule has 1 N–H and O–H groups in total. The van der Waals surface area contributed by atoms with Gasteiger partial charge in [-0.05, 0) is 27.0 Å². The summed E-state index contributed by atoms with van der Waals surface area (Å²) < 4.78 is 0. The largest absolute Gasteiger partial charge is 0.392 e. The number of carbonyl (C=O) groups is 1. The van der Waals surface area contributed by atoms with E-state index in [2.05, 4.69) is 9.97 Å². The summed E-state index contributed by atoms with van der Waals surface area (Å²) in [6.45, 7) is 5.55. The van der Waals surface area contributed by atoms with E-state index in [0.717, 1.165) is 0 Å². The molecule has 1 amide bonds. The molecule has 0 radical (unpaired) electrons. The third-order valence-corrected chi connectivity index (χ3v) is 3.14. The van der Waals surface area contributed by atoms with Gasteiger partial charge in [0, 0.05) is 13.6 Å². The van der Waals surface area contributed by atoms with E-state index in [1.807, 2.05) is 6.26 Å². The number of aromatic nitrogens is 2. The Morgan fingerprint density at radius 1 is 1.44 bits per heavy atom. The third kappa shape index (κ3) is 3.43. The molecule has 0 aromatic carbocycles. The number of nitrogens with zero attached hydrogens (tertiary/aromatic N) is 3. The van der Waals surface area contributed by atoms with Gasteiger partial charge in [-0.15, -0.1) is 11.8 Å². The SMILES string of the molecule is CSc1nc(C)nc(C)c1C(=O)N(C)CC(C)O. The van der Waals surface area contributed by atoms with Gasteiger partial charge < -0.3 is 10.0 Å². The smallest absolute Gasteiger partial charge is 0.258 e. The summed E-state index contributed by atoms with van der Waals surface area (Å²) in [5.74, 6) is 0.504. The Morgan fingerprint density at radius 3 is 2.56 bits per heavy atom. The highest BCUT2D eigenvalue weighted by Gasteiger charge is 2.21. The molecule has 0 spiro atoms. The monoisotopic (exact) mass is 269 g/mol. The Morgan fingerprint density at radius 2 is 2.06 bits per heavy atom. The third-order valence-electron chi connectivity index (χ3n) is 2.46. The Labute approximate surface area is 112 Å². The van der Waals surface area contributed by atoms with Gasteiger partial charge in [0.15, 0.2) is 0 Å². The van der Waals surface area contributed by atoms with Gasteiger partial charge in [0.1, 0.15) is 10.9 Å². The van der Waals surface area contributed by atoms with Gasteiger partial charge >= 0.3 is 0 Å². The molecule has 0 aliphatic heterocycles. The molecule has 0 saturated heterocycles. The predicted molar refractivity (Wildman–Crippen MR) is 71.9 cm³/mol. The summed E-state index contributed by atoms with van der Waals surface area (Å²) in [6, 6.07) is 0. The van der Waals surface area contributed by atoms with Crippen LogP contribution < -0.4 is 0 Å². The van der Waals surface area contributed by atoms with Crippen LogP contribution in [0, 0.1) is 13.8 Å². The first-order valence-corrected chi connectivity index (χ1v) is 6.92. The number of carbonyl (C=O) groups excluding carboxylic acids is 1. The molecule has 1 heterocycles. The lowest BCUT2D eigenvalue weighted by molar-refractivity contribution is 0.0698. The first-order valence-electron chi connectivity index (χ1n) is 5.69. The Balaban J connectivity index is 3.12. The van der Waals surface area contributed by atoms with Crippen molar-refractivity contribution in [2.75, 3.05) is 19.8 Å². The fraction of sp³-hybridized carbons (Fsp3) is 0.583. The average molecular weight is 269 g/mol. The first kappa shape index (κ1) is 14.9. The summed E-state index contributed by atoms with van der Waals surface area (Å²) in [4.78, 5) is 22.3. The Bertz CT molecular complexity index is 449. The van der Waals surface area contributed by atoms with Crippen molar-refractivity contribution in [1.82, 2.24) is 14.9 Å². The van der Waals surface area contributed by atoms with Crippen molar-refractivity contribution >= 4 is 17.7 Å². The van der Waals surface area contributed by atoms with E-state index < -0.39 is 6.10 Å². The van der Waals surface area contributed by atoms with E-state index in [9.17, 15) is 9.90 Å². The van der Waals surface area contributed by atoms with Crippen molar-refractivity contribution in [3.63, 3.8) is 0 Å². The number of likely N-dealkylation sites (N-methyl/N-ethyl adjacent to an activating group) is 1. The van der Waals surface area contributed by atoms with Crippen LogP contribution in [0.2, 0.25) is 0 Å². The van der Waals surface area contributed by atoms with Crippen molar-refractivity contribution in [1.29, 1.82) is 0 Å². The minimum atomic E-state index is -0.552. The van der Waals surface area contributed by atoms with E-state index in [4.69, 9.17) is 0 Å². The van der Waals surface area contributed by atoms with Crippen molar-refractivity contribution in [2.45, 2.75) is 31.9 Å². The van der Waals surface area contributed by atoms with Crippen molar-refractivity contribution in [3.05, 3.63) is 17.1 Å². The maximum atomic E-state index is 12.3. The zero-order valence-electron chi connectivity index (χ0n) is 11.4. The zero-order chi connectivity index (χ0) is 13.9. The van der Waals surface area contributed by atoms with Crippen molar-refractivity contribution in [3.8, 4) is 0 Å². The quantitative estimate of drug-likeness (QED) is 0.658. The first-order chi connectivity index (χ1) is 8.36. The van der Waals surface area contributed by atoms with Gasteiger partial charge in [-0.3, -0.25) is 4.79 Å². The van der Waals surface area contributed by atoms with E-state index in [0.29, 0.717) is 28.7 Å². The fourth-order valence-electron chi connectivity index (χ4n) is 1.75. The van der Waals surface area contributed by atoms with Gasteiger partial charge in [0.2, 0.25) is 0 Å². The normalized spacial score (nSPS) is 12.3. The summed E-state index contributed by atoms with van der Waals surface area (Å²) in [6.07, 6.45) is 1.33. The standard InChI is InChI=1S/C12H19N3O2S/c1-7(16)6-15(4)12(17)10-8(2)13-9(3)14-11(10)18-5/h7,16H,6H2,1-5H3. The molecule has 0 aliphatic carbocycles. The zero-order valence-corrected chi connectivity index (χ0v) is 12.2. The topological polar surface area (TPSA) is 66.3 Å². The van der Waals surface area contributed by atoms with Crippen molar-refractivity contribution < 1.29 is 9.90 Å². The maximum Gasteiger partial charge on any atom is 0.258 e. The van der Waals surface area contributed by atoms with Gasteiger partial charge in [-0.1, -0.05) is 0 Å². The second-order valence-electron chi connectivity index (χ2n) is 4.28. The molecule has 18 heavy (non-hydrogen) atoms. The van der Waals surface area contributed by atoms with E-state index in [1.165, 1.54) is 16.7 Å². The highest BCUT2D eigenvalue weighted by Crippen LogP contribution is 2.21. The van der Waals surface area contributed by atoms with Crippen molar-refractivity contribution in [2.24, 2.45) is 0 Å². The Hall–Kier alpha value is -1.14. The molecule has 0 aliphatic rings. The number of thioether (sulfide) groups is 1. The minimum absolute atomic E-state index is 0.155. The van der Waals surface area contributed by atoms with E-state index in [1.54, 1.807) is 27.8 Å². The van der Waals surface area contributed by atoms with Crippen LogP contribution in [-0.2, 0) is 0 Å². The van der Waals surface area contributed by atoms with Crippen LogP contribution in [-0.4, -0.2) is 51.8 Å². The van der Waals surface area contributed by atoms with Crippen LogP contribution in [0.1, 0.15) is 28.8 Å². The van der Waals surface area contributed by atoms with Crippen LogP contribution in [0.25, 0.3) is 0 Å². The number of hydrogen-bond acceptors (Lipinski definition) is 5. The maximum absolute atomic E-state index is 12.3. The summed E-state index contributed by atoms with van der Waals surface area (Å²) >= 11 is 1.43. The molecule has 5 nitrogen and oxygen atoms in total. The summed E-state index contributed by atoms with van der Waals surface area (Å²) in [5.41, 5.74) is 1.20. The minimum Gasteiger partial charge on any atom is -0.392 e. The molecule has 0 bridgehead atoms.